The van der Waals surface area contributed by atoms with Gasteiger partial charge < -0.3 is 9.88 Å². The van der Waals surface area contributed by atoms with Crippen molar-refractivity contribution in [2.24, 2.45) is 4.99 Å². The predicted molar refractivity (Wildman–Crippen MR) is 100 cm³/mol. The van der Waals surface area contributed by atoms with Gasteiger partial charge in [-0.3, -0.25) is 4.99 Å². The van der Waals surface area contributed by atoms with Crippen LogP contribution in [0.4, 0.5) is 13.2 Å². The first-order valence-electron chi connectivity index (χ1n) is 8.60. The Morgan fingerprint density at radius 3 is 2.54 bits per heavy atom. The molecule has 0 saturated carbocycles. The molecule has 1 N–H and O–H groups in total. The van der Waals surface area contributed by atoms with Gasteiger partial charge in [-0.05, 0) is 17.7 Å². The van der Waals surface area contributed by atoms with E-state index in [0.717, 1.165) is 22.9 Å². The van der Waals surface area contributed by atoms with Gasteiger partial charge in [0.1, 0.15) is 6.33 Å². The molecule has 0 saturated heterocycles. The van der Waals surface area contributed by atoms with Crippen LogP contribution in [-0.4, -0.2) is 32.8 Å². The lowest BCUT2D eigenvalue weighted by atomic mass is 10.1. The van der Waals surface area contributed by atoms with Crippen LogP contribution in [0.2, 0.25) is 0 Å². The van der Waals surface area contributed by atoms with Crippen molar-refractivity contribution in [3.05, 3.63) is 77.7 Å². The van der Waals surface area contributed by atoms with Crippen LogP contribution in [0.3, 0.4) is 0 Å². The Labute approximate surface area is 159 Å². The van der Waals surface area contributed by atoms with Crippen LogP contribution in [0, 0.1) is 0 Å². The molecule has 0 bridgehead atoms. The highest BCUT2D eigenvalue weighted by Crippen LogP contribution is 2.30. The van der Waals surface area contributed by atoms with Crippen LogP contribution in [0.5, 0.6) is 0 Å². The Balaban J connectivity index is 1.51. The Kier molecular flexibility index (Phi) is 4.68. The van der Waals surface area contributed by atoms with Gasteiger partial charge in [0.25, 0.3) is 0 Å². The zero-order valence-corrected chi connectivity index (χ0v) is 14.7. The van der Waals surface area contributed by atoms with Crippen LogP contribution in [0.25, 0.3) is 17.1 Å². The maximum atomic E-state index is 12.9. The van der Waals surface area contributed by atoms with E-state index in [1.807, 2.05) is 35.4 Å². The second kappa shape index (κ2) is 7.30. The Morgan fingerprint density at radius 1 is 1.04 bits per heavy atom. The Bertz CT molecular complexity index is 1010. The number of hydrogen-bond acceptors (Lipinski definition) is 4. The van der Waals surface area contributed by atoms with Crippen molar-refractivity contribution < 1.29 is 13.2 Å². The van der Waals surface area contributed by atoms with E-state index in [0.29, 0.717) is 24.5 Å². The zero-order chi connectivity index (χ0) is 19.6. The highest BCUT2D eigenvalue weighted by atomic mass is 19.4. The lowest BCUT2D eigenvalue weighted by Crippen LogP contribution is -2.22. The van der Waals surface area contributed by atoms with Gasteiger partial charge in [-0.1, -0.05) is 36.4 Å². The number of nitrogens with zero attached hydrogens (tertiary/aromatic N) is 4. The largest absolute Gasteiger partial charge is 0.416 e. The van der Waals surface area contributed by atoms with Crippen molar-refractivity contribution in [2.75, 3.05) is 6.54 Å². The zero-order valence-electron chi connectivity index (χ0n) is 14.7. The van der Waals surface area contributed by atoms with E-state index in [2.05, 4.69) is 20.2 Å². The van der Waals surface area contributed by atoms with E-state index in [1.165, 1.54) is 18.5 Å². The van der Waals surface area contributed by atoms with Gasteiger partial charge in [-0.2, -0.15) is 13.2 Å². The minimum atomic E-state index is -4.34. The van der Waals surface area contributed by atoms with Gasteiger partial charge >= 0.3 is 6.18 Å². The first kappa shape index (κ1) is 18.0. The lowest BCUT2D eigenvalue weighted by molar-refractivity contribution is -0.137. The molecule has 28 heavy (non-hydrogen) atoms. The highest BCUT2D eigenvalue weighted by Gasteiger charge is 2.30. The summed E-state index contributed by atoms with van der Waals surface area (Å²) in [7, 11) is 0. The molecule has 0 amide bonds. The van der Waals surface area contributed by atoms with E-state index >= 15 is 0 Å². The lowest BCUT2D eigenvalue weighted by Gasteiger charge is -2.23. The average molecular weight is 383 g/mol. The molecule has 0 aliphatic carbocycles. The van der Waals surface area contributed by atoms with Crippen LogP contribution < -0.4 is 0 Å². The fourth-order valence-electron chi connectivity index (χ4n) is 2.99. The summed E-state index contributed by atoms with van der Waals surface area (Å²) in [5.41, 5.74) is 2.53. The first-order chi connectivity index (χ1) is 13.5. The first-order valence-corrected chi connectivity index (χ1v) is 8.60. The van der Waals surface area contributed by atoms with E-state index in [1.54, 1.807) is 12.3 Å². The van der Waals surface area contributed by atoms with E-state index in [9.17, 15) is 13.2 Å². The smallest absolute Gasteiger partial charge is 0.366 e. The standard InChI is InChI=1S/C20H16F3N5/c21-20(22,23)17-3-1-2-14(10-17)11-28-9-8-24-18(12-28)15-4-6-16(7-5-15)19-25-13-26-27-19/h1-8,10,12-13H,9,11H2,(H,25,26,27). The summed E-state index contributed by atoms with van der Waals surface area (Å²) in [5.74, 6) is 0.679. The fourth-order valence-corrected chi connectivity index (χ4v) is 2.99. The Morgan fingerprint density at radius 2 is 1.82 bits per heavy atom. The molecule has 2 aromatic carbocycles. The third-order valence-corrected chi connectivity index (χ3v) is 4.36. The molecule has 3 aromatic rings. The van der Waals surface area contributed by atoms with Gasteiger partial charge in [0.05, 0.1) is 17.8 Å². The van der Waals surface area contributed by atoms with Gasteiger partial charge in [0.15, 0.2) is 5.82 Å². The van der Waals surface area contributed by atoms with Crippen LogP contribution >= 0.6 is 0 Å². The van der Waals surface area contributed by atoms with Gasteiger partial charge in [0.2, 0.25) is 0 Å². The number of H-pyrrole nitrogens is 1. The Hall–Kier alpha value is -3.42. The molecular weight excluding hydrogens is 367 g/mol. The molecular formula is C20H16F3N5. The van der Waals surface area contributed by atoms with Crippen molar-refractivity contribution in [3.63, 3.8) is 0 Å². The van der Waals surface area contributed by atoms with Crippen molar-refractivity contribution in [1.82, 2.24) is 20.1 Å². The van der Waals surface area contributed by atoms with Crippen molar-refractivity contribution >= 4 is 11.9 Å². The molecule has 8 heteroatoms. The molecule has 5 nitrogen and oxygen atoms in total. The number of aliphatic imine (C=N–C) groups is 1. The molecule has 1 aliphatic rings. The summed E-state index contributed by atoms with van der Waals surface area (Å²) in [5, 5.41) is 7.74. The van der Waals surface area contributed by atoms with Crippen molar-refractivity contribution in [3.8, 4) is 11.4 Å². The van der Waals surface area contributed by atoms with Crippen LogP contribution in [-0.2, 0) is 12.7 Å². The number of alkyl halides is 3. The quantitative estimate of drug-likeness (QED) is 0.728. The fraction of sp³-hybridized carbons (Fsp3) is 0.150. The highest BCUT2D eigenvalue weighted by molar-refractivity contribution is 5.77. The van der Waals surface area contributed by atoms with E-state index in [4.69, 9.17) is 0 Å². The summed E-state index contributed by atoms with van der Waals surface area (Å²) < 4.78 is 38.7. The molecule has 1 aliphatic heterocycles. The maximum Gasteiger partial charge on any atom is 0.416 e. The monoisotopic (exact) mass is 383 g/mol. The number of nitrogens with one attached hydrogen (secondary N) is 1. The van der Waals surface area contributed by atoms with Crippen molar-refractivity contribution in [1.29, 1.82) is 0 Å². The molecule has 2 heterocycles. The molecule has 0 atom stereocenters. The van der Waals surface area contributed by atoms with Crippen LogP contribution in [0.1, 0.15) is 16.7 Å². The third kappa shape index (κ3) is 3.95. The molecule has 142 valence electrons. The second-order valence-electron chi connectivity index (χ2n) is 6.37. The molecule has 0 radical (unpaired) electrons. The third-order valence-electron chi connectivity index (χ3n) is 4.36. The van der Waals surface area contributed by atoms with Gasteiger partial charge in [-0.25, -0.2) is 0 Å². The summed E-state index contributed by atoms with van der Waals surface area (Å²) in [6.07, 6.45) is 0.797. The molecule has 4 rings (SSSR count). The normalized spacial score (nSPS) is 14.2. The number of benzene rings is 2. The van der Waals surface area contributed by atoms with E-state index in [-0.39, 0.29) is 0 Å². The molecule has 0 fully saturated rings. The molecule has 0 unspecified atom stereocenters. The minimum absolute atomic E-state index is 0.371. The SMILES string of the molecule is FC(F)(F)c1cccc(CN2C=C(c3ccc(-c4nnc[nH]4)cc3)N=CC2)c1. The summed E-state index contributed by atoms with van der Waals surface area (Å²) >= 11 is 0. The van der Waals surface area contributed by atoms with Gasteiger partial charge in [0, 0.05) is 30.1 Å². The topological polar surface area (TPSA) is 57.2 Å². The summed E-state index contributed by atoms with van der Waals surface area (Å²) in [6.45, 7) is 0.908. The van der Waals surface area contributed by atoms with E-state index < -0.39 is 11.7 Å². The maximum absolute atomic E-state index is 12.9. The number of aromatic nitrogens is 3. The number of rotatable bonds is 4. The summed E-state index contributed by atoms with van der Waals surface area (Å²) in [4.78, 5) is 9.30. The average Bonchev–Trinajstić information content (AvgIpc) is 3.23. The molecule has 1 aromatic heterocycles. The second-order valence-corrected chi connectivity index (χ2v) is 6.37. The van der Waals surface area contributed by atoms with Gasteiger partial charge in [-0.15, -0.1) is 10.2 Å². The number of halogens is 3. The van der Waals surface area contributed by atoms with Crippen LogP contribution in [0.15, 0.2) is 66.1 Å². The predicted octanol–water partition coefficient (Wildman–Crippen LogP) is 4.38. The summed E-state index contributed by atoms with van der Waals surface area (Å²) in [6, 6.07) is 13.1. The minimum Gasteiger partial charge on any atom is -0.366 e. The van der Waals surface area contributed by atoms with Crippen molar-refractivity contribution in [2.45, 2.75) is 12.7 Å². The molecule has 0 spiro atoms. The number of hydrogen-bond donors (Lipinski definition) is 1. The number of aromatic amines is 1.